The van der Waals surface area contributed by atoms with Crippen molar-refractivity contribution >= 4 is 5.97 Å². The fourth-order valence-electron chi connectivity index (χ4n) is 2.06. The number of aliphatic carboxylic acids is 1. The molecule has 100 valence electrons. The molecule has 0 saturated carbocycles. The Hall–Kier alpha value is -1.35. The molecule has 1 N–H and O–H groups in total. The number of hydrogen-bond donors (Lipinski definition) is 1. The van der Waals surface area contributed by atoms with Gasteiger partial charge in [0.05, 0.1) is 0 Å². The van der Waals surface area contributed by atoms with Crippen molar-refractivity contribution in [2.45, 2.75) is 40.2 Å². The molecular weight excluding hydrogens is 226 g/mol. The zero-order valence-electron chi connectivity index (χ0n) is 11.8. The van der Waals surface area contributed by atoms with Gasteiger partial charge in [-0.05, 0) is 63.0 Å². The standard InChI is InChI=1S/C15H23NO2/c1-11-8-13(3)14(9-12(11)2)10-16(4)7-5-6-15(17)18/h8-9H,5-7,10H2,1-4H3,(H,17,18). The van der Waals surface area contributed by atoms with Gasteiger partial charge in [-0.15, -0.1) is 0 Å². The van der Waals surface area contributed by atoms with Gasteiger partial charge in [-0.3, -0.25) is 4.79 Å². The molecule has 1 aromatic rings. The Bertz CT molecular complexity index is 427. The summed E-state index contributed by atoms with van der Waals surface area (Å²) in [4.78, 5) is 12.6. The molecule has 0 aliphatic heterocycles. The van der Waals surface area contributed by atoms with Gasteiger partial charge in [0, 0.05) is 13.0 Å². The summed E-state index contributed by atoms with van der Waals surface area (Å²) in [6.45, 7) is 8.09. The van der Waals surface area contributed by atoms with Crippen LogP contribution in [0, 0.1) is 20.8 Å². The van der Waals surface area contributed by atoms with Gasteiger partial charge in [0.1, 0.15) is 0 Å². The van der Waals surface area contributed by atoms with Crippen LogP contribution in [0.25, 0.3) is 0 Å². The van der Waals surface area contributed by atoms with E-state index in [-0.39, 0.29) is 6.42 Å². The van der Waals surface area contributed by atoms with Gasteiger partial charge in [-0.25, -0.2) is 0 Å². The average molecular weight is 249 g/mol. The van der Waals surface area contributed by atoms with Crippen molar-refractivity contribution in [1.29, 1.82) is 0 Å². The van der Waals surface area contributed by atoms with Crippen LogP contribution in [0.3, 0.4) is 0 Å². The van der Waals surface area contributed by atoms with Crippen LogP contribution < -0.4 is 0 Å². The molecule has 0 fully saturated rings. The molecule has 0 radical (unpaired) electrons. The van der Waals surface area contributed by atoms with E-state index in [1.54, 1.807) is 0 Å². The molecular formula is C15H23NO2. The smallest absolute Gasteiger partial charge is 0.303 e. The summed E-state index contributed by atoms with van der Waals surface area (Å²) >= 11 is 0. The molecule has 0 aliphatic rings. The minimum atomic E-state index is -0.717. The summed E-state index contributed by atoms with van der Waals surface area (Å²) in [7, 11) is 2.04. The third-order valence-electron chi connectivity index (χ3n) is 3.32. The van der Waals surface area contributed by atoms with E-state index in [0.29, 0.717) is 6.42 Å². The largest absolute Gasteiger partial charge is 0.481 e. The number of nitrogens with zero attached hydrogens (tertiary/aromatic N) is 1. The van der Waals surface area contributed by atoms with Crippen LogP contribution in [0.4, 0.5) is 0 Å². The Morgan fingerprint density at radius 3 is 2.39 bits per heavy atom. The highest BCUT2D eigenvalue weighted by Crippen LogP contribution is 2.16. The summed E-state index contributed by atoms with van der Waals surface area (Å²) in [6.07, 6.45) is 0.950. The molecule has 0 spiro atoms. The van der Waals surface area contributed by atoms with E-state index in [2.05, 4.69) is 37.8 Å². The molecule has 0 bridgehead atoms. The lowest BCUT2D eigenvalue weighted by Crippen LogP contribution is -2.20. The van der Waals surface area contributed by atoms with E-state index in [1.807, 2.05) is 7.05 Å². The van der Waals surface area contributed by atoms with Crippen LogP contribution in [-0.4, -0.2) is 29.6 Å². The number of hydrogen-bond acceptors (Lipinski definition) is 2. The van der Waals surface area contributed by atoms with Gasteiger partial charge in [0.25, 0.3) is 0 Å². The summed E-state index contributed by atoms with van der Waals surface area (Å²) < 4.78 is 0. The normalized spacial score (nSPS) is 10.9. The maximum Gasteiger partial charge on any atom is 0.303 e. The molecule has 0 unspecified atom stereocenters. The van der Waals surface area contributed by atoms with Crippen LogP contribution in [0.2, 0.25) is 0 Å². The first-order valence-corrected chi connectivity index (χ1v) is 6.37. The molecule has 1 rings (SSSR count). The van der Waals surface area contributed by atoms with E-state index < -0.39 is 5.97 Å². The maximum absolute atomic E-state index is 10.5. The highest BCUT2D eigenvalue weighted by atomic mass is 16.4. The monoisotopic (exact) mass is 249 g/mol. The number of benzene rings is 1. The van der Waals surface area contributed by atoms with Crippen molar-refractivity contribution < 1.29 is 9.90 Å². The topological polar surface area (TPSA) is 40.5 Å². The minimum absolute atomic E-state index is 0.246. The average Bonchev–Trinajstić information content (AvgIpc) is 2.25. The van der Waals surface area contributed by atoms with E-state index in [1.165, 1.54) is 22.3 Å². The predicted molar refractivity (Wildman–Crippen MR) is 73.9 cm³/mol. The molecule has 18 heavy (non-hydrogen) atoms. The first-order valence-electron chi connectivity index (χ1n) is 6.37. The Kier molecular flexibility index (Phi) is 5.35. The van der Waals surface area contributed by atoms with Crippen molar-refractivity contribution in [3.63, 3.8) is 0 Å². The minimum Gasteiger partial charge on any atom is -0.481 e. The third-order valence-corrected chi connectivity index (χ3v) is 3.32. The Morgan fingerprint density at radius 2 is 1.78 bits per heavy atom. The van der Waals surface area contributed by atoms with Gasteiger partial charge in [-0.1, -0.05) is 12.1 Å². The molecule has 0 atom stereocenters. The van der Waals surface area contributed by atoms with Gasteiger partial charge in [-0.2, -0.15) is 0 Å². The fourth-order valence-corrected chi connectivity index (χ4v) is 2.06. The number of carboxylic acids is 1. The zero-order valence-corrected chi connectivity index (χ0v) is 11.8. The zero-order chi connectivity index (χ0) is 13.7. The van der Waals surface area contributed by atoms with E-state index in [0.717, 1.165) is 13.1 Å². The third kappa shape index (κ3) is 4.49. The van der Waals surface area contributed by atoms with E-state index in [9.17, 15) is 4.79 Å². The second-order valence-electron chi connectivity index (χ2n) is 5.10. The second-order valence-corrected chi connectivity index (χ2v) is 5.10. The molecule has 0 amide bonds. The Morgan fingerprint density at radius 1 is 1.17 bits per heavy atom. The fraction of sp³-hybridized carbons (Fsp3) is 0.533. The highest BCUT2D eigenvalue weighted by Gasteiger charge is 2.06. The summed E-state index contributed by atoms with van der Waals surface area (Å²) in [6, 6.07) is 4.45. The van der Waals surface area contributed by atoms with Crippen LogP contribution in [-0.2, 0) is 11.3 Å². The van der Waals surface area contributed by atoms with Crippen molar-refractivity contribution in [3.8, 4) is 0 Å². The lowest BCUT2D eigenvalue weighted by atomic mass is 10.0. The molecule has 0 aliphatic carbocycles. The SMILES string of the molecule is Cc1cc(C)c(CN(C)CCCC(=O)O)cc1C. The first-order chi connectivity index (χ1) is 8.40. The number of carboxylic acid groups (broad SMARTS) is 1. The number of carbonyl (C=O) groups is 1. The van der Waals surface area contributed by atoms with Crippen molar-refractivity contribution in [2.24, 2.45) is 0 Å². The van der Waals surface area contributed by atoms with Crippen molar-refractivity contribution in [2.75, 3.05) is 13.6 Å². The Labute approximate surface area is 109 Å². The van der Waals surface area contributed by atoms with E-state index in [4.69, 9.17) is 5.11 Å². The van der Waals surface area contributed by atoms with Crippen LogP contribution in [0.1, 0.15) is 35.1 Å². The van der Waals surface area contributed by atoms with E-state index >= 15 is 0 Å². The lowest BCUT2D eigenvalue weighted by Gasteiger charge is -2.18. The molecule has 0 saturated heterocycles. The van der Waals surface area contributed by atoms with Crippen LogP contribution in [0.15, 0.2) is 12.1 Å². The summed E-state index contributed by atoms with van der Waals surface area (Å²) in [5, 5.41) is 8.61. The molecule has 1 aromatic carbocycles. The quantitative estimate of drug-likeness (QED) is 0.842. The summed E-state index contributed by atoms with van der Waals surface area (Å²) in [5.74, 6) is -0.717. The Balaban J connectivity index is 2.56. The maximum atomic E-state index is 10.5. The first kappa shape index (κ1) is 14.7. The second kappa shape index (κ2) is 6.55. The van der Waals surface area contributed by atoms with Gasteiger partial charge in [0.2, 0.25) is 0 Å². The number of aryl methyl sites for hydroxylation is 3. The molecule has 3 heteroatoms. The molecule has 0 heterocycles. The van der Waals surface area contributed by atoms with Crippen LogP contribution in [0.5, 0.6) is 0 Å². The highest BCUT2D eigenvalue weighted by molar-refractivity contribution is 5.66. The van der Waals surface area contributed by atoms with Crippen molar-refractivity contribution in [1.82, 2.24) is 4.90 Å². The van der Waals surface area contributed by atoms with Crippen LogP contribution >= 0.6 is 0 Å². The van der Waals surface area contributed by atoms with Gasteiger partial charge >= 0.3 is 5.97 Å². The van der Waals surface area contributed by atoms with Gasteiger partial charge < -0.3 is 10.0 Å². The summed E-state index contributed by atoms with van der Waals surface area (Å²) in [5.41, 5.74) is 5.28. The molecule has 3 nitrogen and oxygen atoms in total. The van der Waals surface area contributed by atoms with Gasteiger partial charge in [0.15, 0.2) is 0 Å². The lowest BCUT2D eigenvalue weighted by molar-refractivity contribution is -0.137. The predicted octanol–water partition coefficient (Wildman–Crippen LogP) is 2.91. The van der Waals surface area contributed by atoms with Crippen molar-refractivity contribution in [3.05, 3.63) is 34.4 Å². The molecule has 0 aromatic heterocycles. The number of rotatable bonds is 6.